The minimum atomic E-state index is 0.567. The van der Waals surface area contributed by atoms with E-state index in [0.717, 1.165) is 22.5 Å². The molecular weight excluding hydrogens is 276 g/mol. The van der Waals surface area contributed by atoms with Crippen LogP contribution in [-0.2, 0) is 9.47 Å². The molecule has 0 aromatic carbocycles. The first-order valence-electron chi connectivity index (χ1n) is 7.22. The lowest BCUT2D eigenvalue weighted by Crippen LogP contribution is -1.95. The summed E-state index contributed by atoms with van der Waals surface area (Å²) >= 11 is 0. The van der Waals surface area contributed by atoms with Crippen LogP contribution < -0.4 is 0 Å². The largest absolute Gasteiger partial charge is 0.492 e. The van der Waals surface area contributed by atoms with Crippen LogP contribution in [0.3, 0.4) is 0 Å². The van der Waals surface area contributed by atoms with Gasteiger partial charge >= 0.3 is 0 Å². The molecule has 0 spiro atoms. The van der Waals surface area contributed by atoms with Gasteiger partial charge in [-0.2, -0.15) is 0 Å². The summed E-state index contributed by atoms with van der Waals surface area (Å²) in [4.78, 5) is 8.58. The van der Waals surface area contributed by atoms with E-state index in [1.54, 1.807) is 12.4 Å². The molecule has 0 unspecified atom stereocenters. The van der Waals surface area contributed by atoms with Crippen molar-refractivity contribution in [1.29, 1.82) is 0 Å². The molecule has 0 N–H and O–H groups in total. The van der Waals surface area contributed by atoms with Crippen LogP contribution in [0, 0.1) is 0 Å². The van der Waals surface area contributed by atoms with E-state index in [-0.39, 0.29) is 0 Å². The molecule has 4 heteroatoms. The van der Waals surface area contributed by atoms with Gasteiger partial charge in [-0.25, -0.2) is 0 Å². The summed E-state index contributed by atoms with van der Waals surface area (Å²) in [5, 5.41) is 0. The fourth-order valence-electron chi connectivity index (χ4n) is 2.02. The summed E-state index contributed by atoms with van der Waals surface area (Å²) in [5.41, 5.74) is 3.47. The van der Waals surface area contributed by atoms with E-state index in [1.165, 1.54) is 0 Å². The average Bonchev–Trinajstić information content (AvgIpc) is 2.55. The van der Waals surface area contributed by atoms with Gasteiger partial charge in [0.2, 0.25) is 0 Å². The van der Waals surface area contributed by atoms with Gasteiger partial charge in [0.15, 0.2) is 0 Å². The van der Waals surface area contributed by atoms with Gasteiger partial charge in [-0.15, -0.1) is 0 Å². The summed E-state index contributed by atoms with van der Waals surface area (Å²) in [7, 11) is 0. The Labute approximate surface area is 131 Å². The molecule has 0 radical (unpaired) electrons. The second-order valence-electron chi connectivity index (χ2n) is 4.57. The highest BCUT2D eigenvalue weighted by molar-refractivity contribution is 5.70. The van der Waals surface area contributed by atoms with Crippen LogP contribution in [0.1, 0.15) is 25.2 Å². The molecule has 22 heavy (non-hydrogen) atoms. The van der Waals surface area contributed by atoms with Crippen molar-refractivity contribution in [2.75, 3.05) is 13.2 Å². The molecule has 0 aliphatic heterocycles. The van der Waals surface area contributed by atoms with E-state index in [1.807, 2.05) is 38.1 Å². The molecule has 4 nitrogen and oxygen atoms in total. The molecule has 0 bridgehead atoms. The van der Waals surface area contributed by atoms with E-state index >= 15 is 0 Å². The van der Waals surface area contributed by atoms with Gasteiger partial charge < -0.3 is 9.47 Å². The van der Waals surface area contributed by atoms with Crippen molar-refractivity contribution < 1.29 is 9.47 Å². The first-order chi connectivity index (χ1) is 10.7. The zero-order chi connectivity index (χ0) is 15.9. The Morgan fingerprint density at radius 1 is 0.864 bits per heavy atom. The molecule has 2 aromatic heterocycles. The molecule has 0 amide bonds. The Morgan fingerprint density at radius 2 is 1.27 bits per heavy atom. The number of hydrogen-bond acceptors (Lipinski definition) is 4. The molecule has 0 fully saturated rings. The van der Waals surface area contributed by atoms with E-state index in [0.29, 0.717) is 24.7 Å². The van der Waals surface area contributed by atoms with Crippen LogP contribution in [0.4, 0.5) is 0 Å². The smallest absolute Gasteiger partial charge is 0.137 e. The maximum atomic E-state index is 5.41. The number of hydrogen-bond donors (Lipinski definition) is 0. The molecule has 2 heterocycles. The highest BCUT2D eigenvalue weighted by Gasteiger charge is 2.07. The average molecular weight is 296 g/mol. The SMILES string of the molecule is C=C(OCC)c1cc(-c2ccnc(C(=C)OCC)c2)ccn1. The maximum Gasteiger partial charge on any atom is 0.137 e. The van der Waals surface area contributed by atoms with Crippen molar-refractivity contribution in [2.24, 2.45) is 0 Å². The van der Waals surface area contributed by atoms with Gasteiger partial charge in [-0.1, -0.05) is 13.2 Å². The number of pyridine rings is 2. The fourth-order valence-corrected chi connectivity index (χ4v) is 2.02. The third-order valence-electron chi connectivity index (χ3n) is 3.06. The molecule has 2 rings (SSSR count). The summed E-state index contributed by atoms with van der Waals surface area (Å²) in [6.07, 6.45) is 3.48. The Hall–Kier alpha value is -2.62. The zero-order valence-electron chi connectivity index (χ0n) is 13.0. The molecule has 114 valence electrons. The van der Waals surface area contributed by atoms with Gasteiger partial charge in [0.25, 0.3) is 0 Å². The lowest BCUT2D eigenvalue weighted by atomic mass is 10.1. The minimum Gasteiger partial charge on any atom is -0.492 e. The number of aromatic nitrogens is 2. The van der Waals surface area contributed by atoms with E-state index in [4.69, 9.17) is 9.47 Å². The molecule has 0 saturated heterocycles. The van der Waals surface area contributed by atoms with E-state index in [2.05, 4.69) is 23.1 Å². The monoisotopic (exact) mass is 296 g/mol. The number of rotatable bonds is 7. The molecular formula is C18H20N2O2. The summed E-state index contributed by atoms with van der Waals surface area (Å²) in [5.74, 6) is 1.13. The molecule has 2 aromatic rings. The Balaban J connectivity index is 2.32. The van der Waals surface area contributed by atoms with Gasteiger partial charge in [0.1, 0.15) is 22.9 Å². The van der Waals surface area contributed by atoms with Crippen LogP contribution in [0.15, 0.2) is 49.8 Å². The van der Waals surface area contributed by atoms with Crippen molar-refractivity contribution in [2.45, 2.75) is 13.8 Å². The van der Waals surface area contributed by atoms with E-state index in [9.17, 15) is 0 Å². The van der Waals surface area contributed by atoms with Gasteiger partial charge in [-0.3, -0.25) is 9.97 Å². The third-order valence-corrected chi connectivity index (χ3v) is 3.06. The first kappa shape index (κ1) is 15.8. The van der Waals surface area contributed by atoms with E-state index < -0.39 is 0 Å². The van der Waals surface area contributed by atoms with Crippen molar-refractivity contribution >= 4 is 11.5 Å². The lowest BCUT2D eigenvalue weighted by Gasteiger charge is -2.10. The molecule has 0 aliphatic carbocycles. The number of nitrogens with zero attached hydrogens (tertiary/aromatic N) is 2. The highest BCUT2D eigenvalue weighted by atomic mass is 16.5. The predicted molar refractivity (Wildman–Crippen MR) is 88.8 cm³/mol. The minimum absolute atomic E-state index is 0.567. The number of ether oxygens (including phenoxy) is 2. The van der Waals surface area contributed by atoms with Crippen LogP contribution in [0.5, 0.6) is 0 Å². The maximum absolute atomic E-state index is 5.41. The van der Waals surface area contributed by atoms with Crippen LogP contribution in [0.2, 0.25) is 0 Å². The van der Waals surface area contributed by atoms with Gasteiger partial charge in [0, 0.05) is 12.4 Å². The summed E-state index contributed by atoms with van der Waals surface area (Å²) < 4.78 is 10.8. The van der Waals surface area contributed by atoms with Crippen LogP contribution in [-0.4, -0.2) is 23.2 Å². The summed E-state index contributed by atoms with van der Waals surface area (Å²) in [6.45, 7) is 12.8. The second-order valence-corrected chi connectivity index (χ2v) is 4.57. The predicted octanol–water partition coefficient (Wildman–Crippen LogP) is 4.16. The summed E-state index contributed by atoms with van der Waals surface area (Å²) in [6, 6.07) is 7.76. The quantitative estimate of drug-likeness (QED) is 0.720. The Kier molecular flexibility index (Phi) is 5.31. The van der Waals surface area contributed by atoms with Crippen molar-refractivity contribution in [3.63, 3.8) is 0 Å². The topological polar surface area (TPSA) is 44.2 Å². The standard InChI is InChI=1S/C18H20N2O2/c1-5-21-13(3)17-11-15(7-9-19-17)16-8-10-20-18(12-16)14(4)22-6-2/h7-12H,3-6H2,1-2H3. The van der Waals surface area contributed by atoms with Crippen molar-refractivity contribution in [3.8, 4) is 11.1 Å². The second kappa shape index (κ2) is 7.41. The molecule has 0 aliphatic rings. The first-order valence-corrected chi connectivity index (χ1v) is 7.22. The lowest BCUT2D eigenvalue weighted by molar-refractivity contribution is 0.297. The van der Waals surface area contributed by atoms with Crippen LogP contribution >= 0.6 is 0 Å². The fraction of sp³-hybridized carbons (Fsp3) is 0.222. The van der Waals surface area contributed by atoms with Crippen LogP contribution in [0.25, 0.3) is 22.6 Å². The van der Waals surface area contributed by atoms with Crippen molar-refractivity contribution in [1.82, 2.24) is 9.97 Å². The Bertz CT molecular complexity index is 621. The molecule has 0 saturated carbocycles. The third kappa shape index (κ3) is 3.73. The van der Waals surface area contributed by atoms with Gasteiger partial charge in [-0.05, 0) is 49.2 Å². The highest BCUT2D eigenvalue weighted by Crippen LogP contribution is 2.24. The van der Waals surface area contributed by atoms with Gasteiger partial charge in [0.05, 0.1) is 13.2 Å². The Morgan fingerprint density at radius 3 is 1.64 bits per heavy atom. The van der Waals surface area contributed by atoms with Crippen molar-refractivity contribution in [3.05, 3.63) is 61.2 Å². The molecule has 0 atom stereocenters. The normalized spacial score (nSPS) is 10.1. The zero-order valence-corrected chi connectivity index (χ0v) is 13.0.